The third-order valence-electron chi connectivity index (χ3n) is 5.95. The number of hydrogen-bond donors (Lipinski definition) is 1. The van der Waals surface area contributed by atoms with Crippen molar-refractivity contribution in [2.75, 3.05) is 12.0 Å². The molecule has 3 aromatic rings. The number of anilines is 1. The van der Waals surface area contributed by atoms with Crippen LogP contribution in [0.4, 0.5) is 5.69 Å². The summed E-state index contributed by atoms with van der Waals surface area (Å²) < 4.78 is 11.2. The van der Waals surface area contributed by atoms with E-state index in [4.69, 9.17) is 9.47 Å². The fourth-order valence-electron chi connectivity index (χ4n) is 4.43. The number of amides is 1. The minimum absolute atomic E-state index is 0.0184. The van der Waals surface area contributed by atoms with Crippen LogP contribution >= 0.6 is 0 Å². The van der Waals surface area contributed by atoms with E-state index in [1.807, 2.05) is 52.0 Å². The summed E-state index contributed by atoms with van der Waals surface area (Å²) in [5.41, 5.74) is 3.58. The third-order valence-corrected chi connectivity index (χ3v) is 5.95. The van der Waals surface area contributed by atoms with Crippen molar-refractivity contribution in [1.29, 1.82) is 0 Å². The van der Waals surface area contributed by atoms with Crippen LogP contribution in [0.3, 0.4) is 0 Å². The Labute approximate surface area is 205 Å². The van der Waals surface area contributed by atoms with Crippen molar-refractivity contribution in [2.45, 2.75) is 39.8 Å². The number of methoxy groups -OCH3 is 1. The Kier molecular flexibility index (Phi) is 6.65. The molecule has 1 heterocycles. The summed E-state index contributed by atoms with van der Waals surface area (Å²) in [6.45, 7) is 7.68. The van der Waals surface area contributed by atoms with Crippen LogP contribution in [0.15, 0.2) is 72.3 Å². The number of rotatable bonds is 6. The number of ketones is 1. The summed E-state index contributed by atoms with van der Waals surface area (Å²) in [4.78, 5) is 28.3. The van der Waals surface area contributed by atoms with E-state index in [0.717, 1.165) is 11.1 Å². The number of hydrogen-bond acceptors (Lipinski definition) is 5. The van der Waals surface area contributed by atoms with Crippen LogP contribution in [-0.2, 0) is 9.59 Å². The van der Waals surface area contributed by atoms with Crippen LogP contribution < -0.4 is 14.4 Å². The lowest BCUT2D eigenvalue weighted by molar-refractivity contribution is -0.132. The van der Waals surface area contributed by atoms with E-state index in [9.17, 15) is 14.7 Å². The molecule has 6 nitrogen and oxygen atoms in total. The van der Waals surface area contributed by atoms with Crippen molar-refractivity contribution < 1.29 is 24.2 Å². The Morgan fingerprint density at radius 1 is 0.943 bits per heavy atom. The van der Waals surface area contributed by atoms with Crippen LogP contribution in [0.2, 0.25) is 0 Å². The summed E-state index contributed by atoms with van der Waals surface area (Å²) in [5.74, 6) is -0.546. The van der Waals surface area contributed by atoms with E-state index in [2.05, 4.69) is 0 Å². The van der Waals surface area contributed by atoms with Crippen molar-refractivity contribution in [3.63, 3.8) is 0 Å². The molecule has 0 saturated carbocycles. The Morgan fingerprint density at radius 2 is 1.66 bits per heavy atom. The molecule has 180 valence electrons. The van der Waals surface area contributed by atoms with Gasteiger partial charge in [-0.25, -0.2) is 0 Å². The first-order valence-corrected chi connectivity index (χ1v) is 11.5. The number of Topliss-reactive ketones (excluding diaryl/α,β-unsaturated/α-hetero) is 1. The van der Waals surface area contributed by atoms with Crippen molar-refractivity contribution in [1.82, 2.24) is 0 Å². The summed E-state index contributed by atoms with van der Waals surface area (Å²) in [6, 6.07) is 18.9. The molecule has 0 bridgehead atoms. The third kappa shape index (κ3) is 4.64. The molecule has 1 aliphatic rings. The zero-order valence-electron chi connectivity index (χ0n) is 20.5. The predicted molar refractivity (Wildman–Crippen MR) is 136 cm³/mol. The number of ether oxygens (including phenoxy) is 2. The van der Waals surface area contributed by atoms with Crippen molar-refractivity contribution >= 4 is 23.1 Å². The molecule has 0 aromatic heterocycles. The van der Waals surface area contributed by atoms with Crippen LogP contribution in [-0.4, -0.2) is 30.0 Å². The summed E-state index contributed by atoms with van der Waals surface area (Å²) in [6.07, 6.45) is -0.0562. The molecule has 4 rings (SSSR count). The molecule has 3 aromatic carbocycles. The second kappa shape index (κ2) is 9.66. The van der Waals surface area contributed by atoms with Crippen molar-refractivity contribution in [3.8, 4) is 11.5 Å². The fourth-order valence-corrected chi connectivity index (χ4v) is 4.43. The minimum Gasteiger partial charge on any atom is -0.507 e. The molecular formula is C29H29NO5. The molecule has 1 saturated heterocycles. The zero-order chi connectivity index (χ0) is 25.3. The van der Waals surface area contributed by atoms with Gasteiger partial charge in [0.1, 0.15) is 17.3 Å². The maximum Gasteiger partial charge on any atom is 0.300 e. The van der Waals surface area contributed by atoms with Crippen LogP contribution in [0.5, 0.6) is 11.5 Å². The highest BCUT2D eigenvalue weighted by Crippen LogP contribution is 2.44. The number of aliphatic hydroxyl groups excluding tert-OH is 1. The van der Waals surface area contributed by atoms with Crippen molar-refractivity contribution in [2.24, 2.45) is 0 Å². The van der Waals surface area contributed by atoms with Gasteiger partial charge in [-0.3, -0.25) is 14.5 Å². The van der Waals surface area contributed by atoms with Gasteiger partial charge in [0.25, 0.3) is 11.7 Å². The molecule has 0 spiro atoms. The Bertz CT molecular complexity index is 1320. The molecule has 1 amide bonds. The average Bonchev–Trinajstić information content (AvgIpc) is 3.09. The van der Waals surface area contributed by atoms with E-state index >= 15 is 0 Å². The Balaban J connectivity index is 1.94. The predicted octanol–water partition coefficient (Wildman–Crippen LogP) is 5.73. The second-order valence-electron chi connectivity index (χ2n) is 8.93. The van der Waals surface area contributed by atoms with Gasteiger partial charge in [-0.15, -0.1) is 0 Å². The van der Waals surface area contributed by atoms with Crippen molar-refractivity contribution in [3.05, 3.63) is 94.6 Å². The van der Waals surface area contributed by atoms with Gasteiger partial charge in [-0.1, -0.05) is 42.0 Å². The van der Waals surface area contributed by atoms with Gasteiger partial charge in [0.15, 0.2) is 0 Å². The first-order valence-electron chi connectivity index (χ1n) is 11.5. The highest BCUT2D eigenvalue weighted by Gasteiger charge is 2.47. The largest absolute Gasteiger partial charge is 0.507 e. The van der Waals surface area contributed by atoms with Gasteiger partial charge in [0.05, 0.1) is 24.8 Å². The van der Waals surface area contributed by atoms with E-state index < -0.39 is 17.7 Å². The van der Waals surface area contributed by atoms with Gasteiger partial charge in [-0.05, 0) is 69.2 Å². The monoisotopic (exact) mass is 471 g/mol. The molecule has 6 heteroatoms. The molecule has 0 radical (unpaired) electrons. The smallest absolute Gasteiger partial charge is 0.300 e. The maximum absolute atomic E-state index is 13.4. The number of carbonyl (C=O) groups is 2. The molecule has 35 heavy (non-hydrogen) atoms. The Morgan fingerprint density at radius 3 is 2.34 bits per heavy atom. The molecule has 1 fully saturated rings. The summed E-state index contributed by atoms with van der Waals surface area (Å²) >= 11 is 0. The van der Waals surface area contributed by atoms with Gasteiger partial charge in [-0.2, -0.15) is 0 Å². The van der Waals surface area contributed by atoms with E-state index in [1.165, 1.54) is 4.90 Å². The quantitative estimate of drug-likeness (QED) is 0.282. The highest BCUT2D eigenvalue weighted by molar-refractivity contribution is 6.51. The normalized spacial score (nSPS) is 17.2. The first-order chi connectivity index (χ1) is 16.7. The lowest BCUT2D eigenvalue weighted by Gasteiger charge is -2.27. The number of carbonyl (C=O) groups excluding carboxylic acids is 2. The summed E-state index contributed by atoms with van der Waals surface area (Å²) in [5, 5.41) is 11.4. The first kappa shape index (κ1) is 24.1. The lowest BCUT2D eigenvalue weighted by atomic mass is 9.94. The zero-order valence-corrected chi connectivity index (χ0v) is 20.5. The number of nitrogens with zero attached hydrogens (tertiary/aromatic N) is 1. The summed E-state index contributed by atoms with van der Waals surface area (Å²) in [7, 11) is 1.56. The van der Waals surface area contributed by atoms with E-state index in [-0.39, 0.29) is 17.4 Å². The standard InChI is InChI=1S/C29H29NO5/c1-17(2)35-23-11-7-9-21(16-23)27(31)25-26(20-8-6-10-22(15-20)34-5)30(29(33)28(25)32)24-13-12-18(3)14-19(24)4/h6-17,26,31H,1-5H3/b27-25+. The van der Waals surface area contributed by atoms with E-state index in [0.29, 0.717) is 28.3 Å². The Hall–Kier alpha value is -4.06. The molecule has 1 aliphatic heterocycles. The SMILES string of the molecule is COc1cccc(C2/C(=C(\O)c3cccc(OC(C)C)c3)C(=O)C(=O)N2c2ccc(C)cc2C)c1. The highest BCUT2D eigenvalue weighted by atomic mass is 16.5. The minimum atomic E-state index is -0.832. The molecule has 1 atom stereocenters. The van der Waals surface area contributed by atoms with Crippen LogP contribution in [0.1, 0.15) is 42.1 Å². The van der Waals surface area contributed by atoms with Gasteiger partial charge < -0.3 is 14.6 Å². The maximum atomic E-state index is 13.4. The second-order valence-corrected chi connectivity index (χ2v) is 8.93. The molecule has 1 unspecified atom stereocenters. The van der Waals surface area contributed by atoms with E-state index in [1.54, 1.807) is 49.6 Å². The molecule has 1 N–H and O–H groups in total. The van der Waals surface area contributed by atoms with Gasteiger partial charge in [0, 0.05) is 11.3 Å². The topological polar surface area (TPSA) is 76.1 Å². The number of aliphatic hydroxyl groups is 1. The fraction of sp³-hybridized carbons (Fsp3) is 0.241. The number of benzene rings is 3. The van der Waals surface area contributed by atoms with Gasteiger partial charge >= 0.3 is 0 Å². The molecule has 0 aliphatic carbocycles. The van der Waals surface area contributed by atoms with Gasteiger partial charge in [0.2, 0.25) is 0 Å². The molecular weight excluding hydrogens is 442 g/mol. The van der Waals surface area contributed by atoms with Crippen LogP contribution in [0.25, 0.3) is 5.76 Å². The lowest BCUT2D eigenvalue weighted by Crippen LogP contribution is -2.30. The van der Waals surface area contributed by atoms with Crippen LogP contribution in [0, 0.1) is 13.8 Å². The number of aryl methyl sites for hydroxylation is 2. The average molecular weight is 472 g/mol.